The SMILES string of the molecule is CCC(CCNC(=O)CSc1cccs1)CCC(=O)O. The molecule has 0 spiro atoms. The van der Waals surface area contributed by atoms with E-state index in [1.54, 1.807) is 23.1 Å². The molecule has 0 aliphatic carbocycles. The molecule has 1 atom stereocenters. The highest BCUT2D eigenvalue weighted by molar-refractivity contribution is 8.01. The van der Waals surface area contributed by atoms with E-state index in [1.165, 1.54) is 0 Å². The number of carboxylic acids is 1. The Hall–Kier alpha value is -1.01. The van der Waals surface area contributed by atoms with E-state index in [0.717, 1.165) is 17.1 Å². The molecular weight excluding hydrogens is 294 g/mol. The molecule has 0 radical (unpaired) electrons. The molecule has 4 nitrogen and oxygen atoms in total. The summed E-state index contributed by atoms with van der Waals surface area (Å²) in [4.78, 5) is 22.2. The maximum absolute atomic E-state index is 11.7. The smallest absolute Gasteiger partial charge is 0.303 e. The van der Waals surface area contributed by atoms with Crippen molar-refractivity contribution in [1.82, 2.24) is 5.32 Å². The lowest BCUT2D eigenvalue weighted by atomic mass is 9.97. The minimum atomic E-state index is -0.750. The van der Waals surface area contributed by atoms with Crippen LogP contribution in [-0.4, -0.2) is 29.3 Å². The number of carboxylic acid groups (broad SMARTS) is 1. The number of nitrogens with one attached hydrogen (secondary N) is 1. The van der Waals surface area contributed by atoms with Gasteiger partial charge in [0.2, 0.25) is 5.91 Å². The molecule has 1 aromatic rings. The summed E-state index contributed by atoms with van der Waals surface area (Å²) < 4.78 is 1.15. The first-order valence-electron chi connectivity index (χ1n) is 6.76. The van der Waals surface area contributed by atoms with E-state index in [9.17, 15) is 9.59 Å². The van der Waals surface area contributed by atoms with Gasteiger partial charge in [0.05, 0.1) is 9.96 Å². The van der Waals surface area contributed by atoms with Gasteiger partial charge in [-0.05, 0) is 30.2 Å². The number of amides is 1. The van der Waals surface area contributed by atoms with Crippen molar-refractivity contribution in [2.45, 2.75) is 36.8 Å². The Kier molecular flexibility index (Phi) is 8.37. The summed E-state index contributed by atoms with van der Waals surface area (Å²) >= 11 is 3.18. The third-order valence-electron chi connectivity index (χ3n) is 3.06. The first-order valence-corrected chi connectivity index (χ1v) is 8.63. The summed E-state index contributed by atoms with van der Waals surface area (Å²) in [5.74, 6) is 0.0968. The van der Waals surface area contributed by atoms with Crippen LogP contribution in [0.4, 0.5) is 0 Å². The van der Waals surface area contributed by atoms with Crippen LogP contribution in [0.25, 0.3) is 0 Å². The number of hydrogen-bond donors (Lipinski definition) is 2. The lowest BCUT2D eigenvalue weighted by Crippen LogP contribution is -2.27. The first-order chi connectivity index (χ1) is 9.61. The summed E-state index contributed by atoms with van der Waals surface area (Å²) in [5.41, 5.74) is 0. The average Bonchev–Trinajstić information content (AvgIpc) is 2.93. The van der Waals surface area contributed by atoms with Crippen LogP contribution in [0.3, 0.4) is 0 Å². The van der Waals surface area contributed by atoms with Crippen LogP contribution in [0.15, 0.2) is 21.7 Å². The normalized spacial score (nSPS) is 12.1. The van der Waals surface area contributed by atoms with Gasteiger partial charge in [-0.15, -0.1) is 23.1 Å². The quantitative estimate of drug-likeness (QED) is 0.651. The summed E-state index contributed by atoms with van der Waals surface area (Å²) in [6, 6.07) is 3.97. The van der Waals surface area contributed by atoms with Gasteiger partial charge >= 0.3 is 5.97 Å². The number of thiophene rings is 1. The Balaban J connectivity index is 2.11. The van der Waals surface area contributed by atoms with Crippen molar-refractivity contribution in [3.8, 4) is 0 Å². The second-order valence-electron chi connectivity index (χ2n) is 4.57. The summed E-state index contributed by atoms with van der Waals surface area (Å²) in [7, 11) is 0. The number of rotatable bonds is 10. The third kappa shape index (κ3) is 7.55. The van der Waals surface area contributed by atoms with E-state index in [2.05, 4.69) is 12.2 Å². The largest absolute Gasteiger partial charge is 0.481 e. The van der Waals surface area contributed by atoms with Crippen LogP contribution >= 0.6 is 23.1 Å². The molecule has 20 heavy (non-hydrogen) atoms. The standard InChI is InChI=1S/C14H21NO3S2/c1-2-11(5-6-13(17)18)7-8-15-12(16)10-20-14-4-3-9-19-14/h3-4,9,11H,2,5-8,10H2,1H3,(H,15,16)(H,17,18). The van der Waals surface area contributed by atoms with Gasteiger partial charge in [-0.25, -0.2) is 0 Å². The number of carbonyl (C=O) groups is 2. The molecule has 2 N–H and O–H groups in total. The van der Waals surface area contributed by atoms with Gasteiger partial charge in [0.25, 0.3) is 0 Å². The highest BCUT2D eigenvalue weighted by atomic mass is 32.2. The summed E-state index contributed by atoms with van der Waals surface area (Å²) in [6.45, 7) is 2.68. The lowest BCUT2D eigenvalue weighted by molar-refractivity contribution is -0.137. The molecule has 0 saturated carbocycles. The van der Waals surface area contributed by atoms with Gasteiger partial charge in [-0.1, -0.05) is 19.4 Å². The minimum absolute atomic E-state index is 0.0384. The molecule has 1 amide bonds. The Morgan fingerprint density at radius 2 is 2.25 bits per heavy atom. The van der Waals surface area contributed by atoms with Crippen LogP contribution < -0.4 is 5.32 Å². The predicted molar refractivity (Wildman–Crippen MR) is 83.3 cm³/mol. The van der Waals surface area contributed by atoms with E-state index in [4.69, 9.17) is 5.11 Å². The van der Waals surface area contributed by atoms with E-state index in [-0.39, 0.29) is 12.3 Å². The Labute approximate surface area is 128 Å². The Morgan fingerprint density at radius 3 is 2.85 bits per heavy atom. The summed E-state index contributed by atoms with van der Waals surface area (Å²) in [6.07, 6.45) is 2.69. The minimum Gasteiger partial charge on any atom is -0.481 e. The van der Waals surface area contributed by atoms with Crippen LogP contribution in [0, 0.1) is 5.92 Å². The molecule has 1 unspecified atom stereocenters. The molecule has 1 aromatic heterocycles. The third-order valence-corrected chi connectivity index (χ3v) is 5.19. The van der Waals surface area contributed by atoms with Crippen molar-refractivity contribution in [2.75, 3.05) is 12.3 Å². The predicted octanol–water partition coefficient (Wildman–Crippen LogP) is 3.24. The molecule has 6 heteroatoms. The Morgan fingerprint density at radius 1 is 1.45 bits per heavy atom. The zero-order valence-electron chi connectivity index (χ0n) is 11.6. The van der Waals surface area contributed by atoms with Gasteiger partial charge in [0.15, 0.2) is 0 Å². The van der Waals surface area contributed by atoms with Crippen LogP contribution in [0.5, 0.6) is 0 Å². The topological polar surface area (TPSA) is 66.4 Å². The highest BCUT2D eigenvalue weighted by Gasteiger charge is 2.10. The van der Waals surface area contributed by atoms with Crippen molar-refractivity contribution >= 4 is 35.0 Å². The second kappa shape index (κ2) is 9.83. The fourth-order valence-electron chi connectivity index (χ4n) is 1.83. The van der Waals surface area contributed by atoms with Crippen LogP contribution in [0.1, 0.15) is 32.6 Å². The van der Waals surface area contributed by atoms with Crippen molar-refractivity contribution in [3.63, 3.8) is 0 Å². The summed E-state index contributed by atoms with van der Waals surface area (Å²) in [5, 5.41) is 13.6. The van der Waals surface area contributed by atoms with E-state index in [0.29, 0.717) is 24.6 Å². The van der Waals surface area contributed by atoms with Gasteiger partial charge in [0, 0.05) is 13.0 Å². The molecule has 112 valence electrons. The monoisotopic (exact) mass is 315 g/mol. The zero-order valence-corrected chi connectivity index (χ0v) is 13.3. The second-order valence-corrected chi connectivity index (χ2v) is 6.79. The zero-order chi connectivity index (χ0) is 14.8. The molecule has 0 saturated heterocycles. The maximum Gasteiger partial charge on any atom is 0.303 e. The van der Waals surface area contributed by atoms with Gasteiger partial charge in [-0.3, -0.25) is 9.59 Å². The molecule has 0 aliphatic heterocycles. The van der Waals surface area contributed by atoms with Crippen molar-refractivity contribution in [1.29, 1.82) is 0 Å². The van der Waals surface area contributed by atoms with Crippen molar-refractivity contribution < 1.29 is 14.7 Å². The molecule has 0 aromatic carbocycles. The number of aliphatic carboxylic acids is 1. The van der Waals surface area contributed by atoms with E-state index < -0.39 is 5.97 Å². The lowest BCUT2D eigenvalue weighted by Gasteiger charge is -2.13. The first kappa shape index (κ1) is 17.0. The highest BCUT2D eigenvalue weighted by Crippen LogP contribution is 2.22. The van der Waals surface area contributed by atoms with Gasteiger partial charge < -0.3 is 10.4 Å². The van der Waals surface area contributed by atoms with E-state index in [1.807, 2.05) is 17.5 Å². The molecule has 0 fully saturated rings. The van der Waals surface area contributed by atoms with Crippen molar-refractivity contribution in [3.05, 3.63) is 17.5 Å². The molecule has 1 rings (SSSR count). The maximum atomic E-state index is 11.7. The molecular formula is C14H21NO3S2. The Bertz CT molecular complexity index is 407. The number of hydrogen-bond acceptors (Lipinski definition) is 4. The fraction of sp³-hybridized carbons (Fsp3) is 0.571. The molecule has 0 aliphatic rings. The number of carbonyl (C=O) groups excluding carboxylic acids is 1. The van der Waals surface area contributed by atoms with Crippen LogP contribution in [-0.2, 0) is 9.59 Å². The number of thioether (sulfide) groups is 1. The van der Waals surface area contributed by atoms with Crippen LogP contribution in [0.2, 0.25) is 0 Å². The van der Waals surface area contributed by atoms with Gasteiger partial charge in [-0.2, -0.15) is 0 Å². The molecule has 1 heterocycles. The molecule has 0 bridgehead atoms. The average molecular weight is 315 g/mol. The van der Waals surface area contributed by atoms with Crippen molar-refractivity contribution in [2.24, 2.45) is 5.92 Å². The fourth-order valence-corrected chi connectivity index (χ4v) is 3.44. The van der Waals surface area contributed by atoms with E-state index >= 15 is 0 Å². The van der Waals surface area contributed by atoms with Gasteiger partial charge in [0.1, 0.15) is 0 Å².